The second-order valence-corrected chi connectivity index (χ2v) is 4.81. The van der Waals surface area contributed by atoms with E-state index in [1.807, 2.05) is 0 Å². The van der Waals surface area contributed by atoms with E-state index < -0.39 is 5.82 Å². The number of halogens is 2. The van der Waals surface area contributed by atoms with Gasteiger partial charge in [-0.25, -0.2) is 4.39 Å². The van der Waals surface area contributed by atoms with Crippen LogP contribution in [0.2, 0.25) is 5.02 Å². The second kappa shape index (κ2) is 5.67. The van der Waals surface area contributed by atoms with E-state index in [1.165, 1.54) is 18.2 Å². The molecule has 0 spiro atoms. The maximum absolute atomic E-state index is 13.3. The van der Waals surface area contributed by atoms with Crippen LogP contribution in [0.25, 0.3) is 0 Å². The van der Waals surface area contributed by atoms with Gasteiger partial charge < -0.3 is 10.0 Å². The van der Waals surface area contributed by atoms with Gasteiger partial charge in [-0.15, -0.1) is 0 Å². The minimum atomic E-state index is -0.597. The van der Waals surface area contributed by atoms with Crippen molar-refractivity contribution in [1.82, 2.24) is 4.90 Å². The highest BCUT2D eigenvalue weighted by atomic mass is 35.5. The van der Waals surface area contributed by atoms with Crippen LogP contribution in [0.4, 0.5) is 4.39 Å². The Morgan fingerprint density at radius 1 is 1.50 bits per heavy atom. The fourth-order valence-electron chi connectivity index (χ4n) is 2.28. The Kier molecular flexibility index (Phi) is 4.19. The number of aliphatic hydroxyl groups is 1. The Morgan fingerprint density at radius 2 is 2.28 bits per heavy atom. The number of aliphatic hydroxyl groups excluding tert-OH is 1. The van der Waals surface area contributed by atoms with Crippen molar-refractivity contribution in [3.63, 3.8) is 0 Å². The standard InChI is InChI=1S/C13H15ClFNO2/c14-12-10(5-3-6-11(12)15)13(18)16-7-2-1-4-9(16)8-17/h3,5-6,9,17H,1-2,4,7-8H2. The first-order valence-corrected chi connectivity index (χ1v) is 6.38. The van der Waals surface area contributed by atoms with Gasteiger partial charge in [0.25, 0.3) is 5.91 Å². The zero-order chi connectivity index (χ0) is 13.1. The summed E-state index contributed by atoms with van der Waals surface area (Å²) in [5.74, 6) is -0.904. The molecule has 0 aliphatic carbocycles. The van der Waals surface area contributed by atoms with E-state index in [2.05, 4.69) is 0 Å². The third-order valence-electron chi connectivity index (χ3n) is 3.28. The highest BCUT2D eigenvalue weighted by Gasteiger charge is 2.28. The van der Waals surface area contributed by atoms with Crippen LogP contribution in [-0.2, 0) is 0 Å². The number of benzene rings is 1. The minimum absolute atomic E-state index is 0.0708. The van der Waals surface area contributed by atoms with Crippen LogP contribution in [0.3, 0.4) is 0 Å². The van der Waals surface area contributed by atoms with Crippen molar-refractivity contribution in [3.8, 4) is 0 Å². The number of hydrogen-bond acceptors (Lipinski definition) is 2. The van der Waals surface area contributed by atoms with Gasteiger partial charge in [-0.1, -0.05) is 17.7 Å². The van der Waals surface area contributed by atoms with Crippen LogP contribution in [0, 0.1) is 5.82 Å². The highest BCUT2D eigenvalue weighted by Crippen LogP contribution is 2.25. The largest absolute Gasteiger partial charge is 0.394 e. The quantitative estimate of drug-likeness (QED) is 0.898. The molecule has 0 aromatic heterocycles. The van der Waals surface area contributed by atoms with E-state index in [9.17, 15) is 14.3 Å². The summed E-state index contributed by atoms with van der Waals surface area (Å²) in [5.41, 5.74) is 0.164. The number of nitrogens with zero attached hydrogens (tertiary/aromatic N) is 1. The Hall–Kier alpha value is -1.13. The zero-order valence-electron chi connectivity index (χ0n) is 9.90. The van der Waals surface area contributed by atoms with Crippen LogP contribution in [-0.4, -0.2) is 35.1 Å². The number of piperidine rings is 1. The molecule has 18 heavy (non-hydrogen) atoms. The summed E-state index contributed by atoms with van der Waals surface area (Å²) >= 11 is 5.81. The molecule has 5 heteroatoms. The Labute approximate surface area is 110 Å². The van der Waals surface area contributed by atoms with Gasteiger partial charge in [0.15, 0.2) is 0 Å². The van der Waals surface area contributed by atoms with E-state index in [4.69, 9.17) is 11.6 Å². The van der Waals surface area contributed by atoms with Crippen molar-refractivity contribution in [3.05, 3.63) is 34.6 Å². The van der Waals surface area contributed by atoms with Gasteiger partial charge in [0.1, 0.15) is 5.82 Å². The van der Waals surface area contributed by atoms with E-state index >= 15 is 0 Å². The molecule has 1 saturated heterocycles. The smallest absolute Gasteiger partial charge is 0.255 e. The van der Waals surface area contributed by atoms with E-state index in [0.717, 1.165) is 19.3 Å². The van der Waals surface area contributed by atoms with Crippen molar-refractivity contribution in [2.45, 2.75) is 25.3 Å². The predicted molar refractivity (Wildman–Crippen MR) is 67.2 cm³/mol. The van der Waals surface area contributed by atoms with Gasteiger partial charge in [-0.2, -0.15) is 0 Å². The number of hydrogen-bond donors (Lipinski definition) is 1. The SMILES string of the molecule is O=C(c1cccc(F)c1Cl)N1CCCCC1CO. The van der Waals surface area contributed by atoms with Crippen molar-refractivity contribution in [2.24, 2.45) is 0 Å². The van der Waals surface area contributed by atoms with Crippen LogP contribution in [0.5, 0.6) is 0 Å². The molecule has 0 radical (unpaired) electrons. The van der Waals surface area contributed by atoms with Crippen molar-refractivity contribution in [1.29, 1.82) is 0 Å². The number of carbonyl (C=O) groups is 1. The molecule has 1 unspecified atom stereocenters. The normalized spacial score (nSPS) is 19.9. The van der Waals surface area contributed by atoms with E-state index in [-0.39, 0.29) is 29.1 Å². The first-order valence-electron chi connectivity index (χ1n) is 6.01. The molecule has 1 aromatic carbocycles. The first kappa shape index (κ1) is 13.3. The molecule has 1 amide bonds. The molecular formula is C13H15ClFNO2. The van der Waals surface area contributed by atoms with Crippen LogP contribution < -0.4 is 0 Å². The summed E-state index contributed by atoms with van der Waals surface area (Å²) in [6.45, 7) is 0.510. The fraction of sp³-hybridized carbons (Fsp3) is 0.462. The first-order chi connectivity index (χ1) is 8.65. The van der Waals surface area contributed by atoms with Gasteiger partial charge >= 0.3 is 0 Å². The number of carbonyl (C=O) groups excluding carboxylic acids is 1. The molecule has 1 heterocycles. The highest BCUT2D eigenvalue weighted by molar-refractivity contribution is 6.34. The summed E-state index contributed by atoms with van der Waals surface area (Å²) in [5, 5.41) is 9.13. The lowest BCUT2D eigenvalue weighted by atomic mass is 10.0. The fourth-order valence-corrected chi connectivity index (χ4v) is 2.49. The molecule has 1 aliphatic heterocycles. The maximum Gasteiger partial charge on any atom is 0.255 e. The molecule has 1 atom stereocenters. The molecule has 1 N–H and O–H groups in total. The van der Waals surface area contributed by atoms with Crippen LogP contribution >= 0.6 is 11.6 Å². The lowest BCUT2D eigenvalue weighted by Gasteiger charge is -2.34. The summed E-state index contributed by atoms with van der Waals surface area (Å²) in [4.78, 5) is 13.9. The molecule has 0 bridgehead atoms. The second-order valence-electron chi connectivity index (χ2n) is 4.43. The van der Waals surface area contributed by atoms with E-state index in [0.29, 0.717) is 6.54 Å². The minimum Gasteiger partial charge on any atom is -0.394 e. The lowest BCUT2D eigenvalue weighted by Crippen LogP contribution is -2.45. The molecular weight excluding hydrogens is 257 g/mol. The Balaban J connectivity index is 2.27. The zero-order valence-corrected chi connectivity index (χ0v) is 10.7. The van der Waals surface area contributed by atoms with Gasteiger partial charge in [-0.3, -0.25) is 4.79 Å². The molecule has 2 rings (SSSR count). The topological polar surface area (TPSA) is 40.5 Å². The van der Waals surface area contributed by atoms with Crippen LogP contribution in [0.15, 0.2) is 18.2 Å². The van der Waals surface area contributed by atoms with Crippen molar-refractivity contribution < 1.29 is 14.3 Å². The lowest BCUT2D eigenvalue weighted by molar-refractivity contribution is 0.0503. The number of amides is 1. The molecule has 98 valence electrons. The van der Waals surface area contributed by atoms with Gasteiger partial charge in [0, 0.05) is 6.54 Å². The summed E-state index contributed by atoms with van der Waals surface area (Å²) in [6, 6.07) is 4.01. The monoisotopic (exact) mass is 271 g/mol. The molecule has 1 fully saturated rings. The summed E-state index contributed by atoms with van der Waals surface area (Å²) in [7, 11) is 0. The third-order valence-corrected chi connectivity index (χ3v) is 3.66. The predicted octanol–water partition coefficient (Wildman–Crippen LogP) is 2.47. The van der Waals surface area contributed by atoms with Crippen molar-refractivity contribution in [2.75, 3.05) is 13.2 Å². The summed E-state index contributed by atoms with van der Waals surface area (Å²) in [6.07, 6.45) is 2.66. The Bertz CT molecular complexity index is 453. The Morgan fingerprint density at radius 3 is 3.00 bits per heavy atom. The molecule has 1 aliphatic rings. The number of rotatable bonds is 2. The van der Waals surface area contributed by atoms with E-state index in [1.54, 1.807) is 4.90 Å². The third kappa shape index (κ3) is 2.49. The maximum atomic E-state index is 13.3. The van der Waals surface area contributed by atoms with Gasteiger partial charge in [-0.05, 0) is 31.4 Å². The molecule has 1 aromatic rings. The molecule has 0 saturated carbocycles. The average molecular weight is 272 g/mol. The van der Waals surface area contributed by atoms with Gasteiger partial charge in [0.2, 0.25) is 0 Å². The summed E-state index contributed by atoms with van der Waals surface area (Å²) < 4.78 is 13.3. The van der Waals surface area contributed by atoms with Gasteiger partial charge in [0.05, 0.1) is 23.2 Å². The molecule has 3 nitrogen and oxygen atoms in total. The number of likely N-dealkylation sites (tertiary alicyclic amines) is 1. The average Bonchev–Trinajstić information content (AvgIpc) is 2.41. The van der Waals surface area contributed by atoms with Crippen LogP contribution in [0.1, 0.15) is 29.6 Å². The van der Waals surface area contributed by atoms with Crippen molar-refractivity contribution >= 4 is 17.5 Å².